The van der Waals surface area contributed by atoms with Gasteiger partial charge in [0.1, 0.15) is 6.17 Å². The maximum atomic E-state index is 12.6. The zero-order valence-corrected chi connectivity index (χ0v) is 19.4. The molecule has 0 bridgehead atoms. The van der Waals surface area contributed by atoms with Gasteiger partial charge in [0.15, 0.2) is 5.11 Å². The average molecular weight is 532 g/mol. The van der Waals surface area contributed by atoms with Crippen LogP contribution in [0.3, 0.4) is 0 Å². The fourth-order valence-corrected chi connectivity index (χ4v) is 3.62. The van der Waals surface area contributed by atoms with E-state index in [0.717, 1.165) is 20.9 Å². The molecule has 1 atom stereocenters. The van der Waals surface area contributed by atoms with Gasteiger partial charge in [-0.3, -0.25) is 4.79 Å². The summed E-state index contributed by atoms with van der Waals surface area (Å²) in [5.41, 5.74) is 1.20. The molecular formula is C20H15BrCl3N3OS. The van der Waals surface area contributed by atoms with Gasteiger partial charge in [-0.2, -0.15) is 0 Å². The molecule has 1 amide bonds. The minimum atomic E-state index is -1.84. The van der Waals surface area contributed by atoms with Crippen LogP contribution in [-0.4, -0.2) is 21.0 Å². The first-order chi connectivity index (χ1) is 13.7. The van der Waals surface area contributed by atoms with Gasteiger partial charge in [0.05, 0.1) is 0 Å². The molecule has 3 aromatic rings. The third-order valence-corrected chi connectivity index (χ3v) is 5.37. The summed E-state index contributed by atoms with van der Waals surface area (Å²) in [4.78, 5) is 12.6. The number of hydrogen-bond acceptors (Lipinski definition) is 2. The molecule has 150 valence electrons. The van der Waals surface area contributed by atoms with Crippen LogP contribution in [0.2, 0.25) is 0 Å². The Kier molecular flexibility index (Phi) is 7.24. The summed E-state index contributed by atoms with van der Waals surface area (Å²) in [6, 6.07) is 20.5. The second-order valence-electron chi connectivity index (χ2n) is 6.08. The minimum Gasteiger partial charge on any atom is -0.339 e. The fraction of sp³-hybridized carbons (Fsp3) is 0.100. The fourth-order valence-electron chi connectivity index (χ4n) is 2.67. The van der Waals surface area contributed by atoms with E-state index in [9.17, 15) is 4.79 Å². The van der Waals surface area contributed by atoms with E-state index in [0.29, 0.717) is 5.56 Å². The monoisotopic (exact) mass is 529 g/mol. The topological polar surface area (TPSA) is 53.2 Å². The number of anilines is 1. The Morgan fingerprint density at radius 2 is 1.66 bits per heavy atom. The van der Waals surface area contributed by atoms with Crippen molar-refractivity contribution in [3.8, 4) is 0 Å². The van der Waals surface area contributed by atoms with Crippen LogP contribution in [0.15, 0.2) is 71.2 Å². The number of carbonyl (C=O) groups is 1. The number of nitrogens with one attached hydrogen (secondary N) is 3. The summed E-state index contributed by atoms with van der Waals surface area (Å²) >= 11 is 26.9. The molecule has 0 aliphatic rings. The number of halogens is 4. The van der Waals surface area contributed by atoms with E-state index in [1.807, 2.05) is 48.5 Å². The Labute approximate surface area is 197 Å². The van der Waals surface area contributed by atoms with Gasteiger partial charge in [-0.05, 0) is 41.9 Å². The third-order valence-electron chi connectivity index (χ3n) is 4.00. The van der Waals surface area contributed by atoms with Crippen LogP contribution in [-0.2, 0) is 0 Å². The van der Waals surface area contributed by atoms with Crippen molar-refractivity contribution in [1.29, 1.82) is 0 Å². The summed E-state index contributed by atoms with van der Waals surface area (Å²) in [7, 11) is 0. The van der Waals surface area contributed by atoms with Crippen LogP contribution >= 0.6 is 63.0 Å². The lowest BCUT2D eigenvalue weighted by Gasteiger charge is -2.28. The molecule has 9 heteroatoms. The van der Waals surface area contributed by atoms with Crippen LogP contribution in [0, 0.1) is 0 Å². The van der Waals surface area contributed by atoms with Gasteiger partial charge < -0.3 is 16.0 Å². The van der Waals surface area contributed by atoms with Gasteiger partial charge in [-0.15, -0.1) is 0 Å². The van der Waals surface area contributed by atoms with Crippen molar-refractivity contribution in [2.24, 2.45) is 0 Å². The van der Waals surface area contributed by atoms with E-state index in [1.54, 1.807) is 18.2 Å². The Morgan fingerprint density at radius 3 is 2.38 bits per heavy atom. The van der Waals surface area contributed by atoms with Gasteiger partial charge in [-0.1, -0.05) is 93.2 Å². The van der Waals surface area contributed by atoms with E-state index in [-0.39, 0.29) is 5.11 Å². The number of alkyl halides is 3. The summed E-state index contributed by atoms with van der Waals surface area (Å²) in [5.74, 6) is -0.414. The SMILES string of the molecule is O=C(NC(NC(=S)Nc1cccc2ccccc12)C(Cl)(Cl)Cl)c1cccc(Br)c1. The molecule has 0 saturated carbocycles. The summed E-state index contributed by atoms with van der Waals surface area (Å²) in [5, 5.41) is 10.9. The van der Waals surface area contributed by atoms with Crippen LogP contribution in [0.5, 0.6) is 0 Å². The molecular weight excluding hydrogens is 517 g/mol. The van der Waals surface area contributed by atoms with Crippen molar-refractivity contribution in [2.45, 2.75) is 9.96 Å². The molecule has 0 spiro atoms. The minimum absolute atomic E-state index is 0.201. The molecule has 0 aromatic heterocycles. The van der Waals surface area contributed by atoms with Gasteiger partial charge >= 0.3 is 0 Å². The number of rotatable bonds is 4. The highest BCUT2D eigenvalue weighted by Gasteiger charge is 2.35. The first-order valence-corrected chi connectivity index (χ1v) is 10.8. The van der Waals surface area contributed by atoms with Gasteiger partial charge in [0.2, 0.25) is 3.79 Å². The van der Waals surface area contributed by atoms with Crippen LogP contribution in [0.1, 0.15) is 10.4 Å². The molecule has 3 aromatic carbocycles. The van der Waals surface area contributed by atoms with E-state index >= 15 is 0 Å². The van der Waals surface area contributed by atoms with E-state index < -0.39 is 15.9 Å². The zero-order valence-electron chi connectivity index (χ0n) is 14.8. The Hall–Kier alpha value is -1.57. The number of thiocarbonyl (C=S) groups is 1. The second kappa shape index (κ2) is 9.49. The Morgan fingerprint density at radius 1 is 0.966 bits per heavy atom. The molecule has 1 unspecified atom stereocenters. The van der Waals surface area contributed by atoms with Crippen molar-refractivity contribution in [3.63, 3.8) is 0 Å². The first kappa shape index (κ1) is 22.1. The van der Waals surface area contributed by atoms with Crippen LogP contribution < -0.4 is 16.0 Å². The van der Waals surface area contributed by atoms with E-state index in [4.69, 9.17) is 47.0 Å². The maximum absolute atomic E-state index is 12.6. The first-order valence-electron chi connectivity index (χ1n) is 8.42. The molecule has 0 heterocycles. The van der Waals surface area contributed by atoms with Crippen LogP contribution in [0.25, 0.3) is 10.8 Å². The molecule has 3 rings (SSSR count). The lowest BCUT2D eigenvalue weighted by molar-refractivity contribution is 0.0934. The zero-order chi connectivity index (χ0) is 21.0. The highest BCUT2D eigenvalue weighted by molar-refractivity contribution is 9.10. The lowest BCUT2D eigenvalue weighted by Crippen LogP contribution is -2.56. The number of benzene rings is 3. The maximum Gasteiger partial charge on any atom is 0.253 e. The van der Waals surface area contributed by atoms with Crippen molar-refractivity contribution < 1.29 is 4.79 Å². The predicted octanol–water partition coefficient (Wildman–Crippen LogP) is 6.02. The van der Waals surface area contributed by atoms with Crippen molar-refractivity contribution >= 4 is 90.4 Å². The normalized spacial score (nSPS) is 12.3. The molecule has 0 aliphatic carbocycles. The number of fused-ring (bicyclic) bond motifs is 1. The van der Waals surface area contributed by atoms with Crippen LogP contribution in [0.4, 0.5) is 5.69 Å². The molecule has 29 heavy (non-hydrogen) atoms. The summed E-state index contributed by atoms with van der Waals surface area (Å²) in [6.45, 7) is 0. The van der Waals surface area contributed by atoms with Crippen molar-refractivity contribution in [3.05, 3.63) is 76.8 Å². The highest BCUT2D eigenvalue weighted by Crippen LogP contribution is 2.30. The van der Waals surface area contributed by atoms with Crippen molar-refractivity contribution in [1.82, 2.24) is 10.6 Å². The van der Waals surface area contributed by atoms with Gasteiger partial charge in [0, 0.05) is 21.1 Å². The van der Waals surface area contributed by atoms with E-state index in [1.165, 1.54) is 0 Å². The average Bonchev–Trinajstić information content (AvgIpc) is 2.67. The Bertz CT molecular complexity index is 1050. The van der Waals surface area contributed by atoms with Gasteiger partial charge in [-0.25, -0.2) is 0 Å². The molecule has 0 radical (unpaired) electrons. The highest BCUT2D eigenvalue weighted by atomic mass is 79.9. The molecule has 4 nitrogen and oxygen atoms in total. The number of carbonyl (C=O) groups excluding carboxylic acids is 1. The molecule has 0 fully saturated rings. The largest absolute Gasteiger partial charge is 0.339 e. The summed E-state index contributed by atoms with van der Waals surface area (Å²) < 4.78 is -1.08. The lowest BCUT2D eigenvalue weighted by atomic mass is 10.1. The second-order valence-corrected chi connectivity index (χ2v) is 9.78. The third kappa shape index (κ3) is 5.96. The smallest absolute Gasteiger partial charge is 0.253 e. The molecule has 0 aliphatic heterocycles. The quantitative estimate of drug-likeness (QED) is 0.219. The van der Waals surface area contributed by atoms with Gasteiger partial charge in [0.25, 0.3) is 5.91 Å². The van der Waals surface area contributed by atoms with E-state index in [2.05, 4.69) is 31.9 Å². The molecule has 0 saturated heterocycles. The standard InChI is InChI=1S/C20H15BrCl3N3OS/c21-14-8-3-7-13(11-14)17(28)26-18(20(22,23)24)27-19(29)25-16-10-4-6-12-5-1-2-9-15(12)16/h1-11,18H,(H,26,28)(H2,25,27,29). The predicted molar refractivity (Wildman–Crippen MR) is 129 cm³/mol. The number of hydrogen-bond donors (Lipinski definition) is 3. The number of amides is 1. The summed E-state index contributed by atoms with van der Waals surface area (Å²) in [6.07, 6.45) is -1.06. The Balaban J connectivity index is 1.74. The molecule has 3 N–H and O–H groups in total. The van der Waals surface area contributed by atoms with Crippen molar-refractivity contribution in [2.75, 3.05) is 5.32 Å².